The monoisotopic (exact) mass is 671 g/mol. The minimum absolute atomic E-state index is 0.0370. The number of carbonyl (C=O) groups is 1. The first-order valence-electron chi connectivity index (χ1n) is 16.0. The van der Waals surface area contributed by atoms with E-state index in [1.54, 1.807) is 0 Å². The van der Waals surface area contributed by atoms with Crippen molar-refractivity contribution in [1.82, 2.24) is 24.7 Å². The molecule has 0 N–H and O–H groups in total. The molecule has 1 aromatic heterocycles. The van der Waals surface area contributed by atoms with Crippen LogP contribution in [0.4, 0.5) is 13.2 Å². The second kappa shape index (κ2) is 15.1. The highest BCUT2D eigenvalue weighted by Gasteiger charge is 2.44. The number of hydrogen-bond acceptors (Lipinski definition) is 10. The van der Waals surface area contributed by atoms with E-state index in [1.165, 1.54) is 14.2 Å². The third kappa shape index (κ3) is 7.83. The Bertz CT molecular complexity index is 1470. The van der Waals surface area contributed by atoms with Crippen molar-refractivity contribution in [3.05, 3.63) is 77.4 Å². The van der Waals surface area contributed by atoms with Gasteiger partial charge in [0.05, 0.1) is 39.6 Å². The van der Waals surface area contributed by atoms with E-state index in [0.717, 1.165) is 11.1 Å². The van der Waals surface area contributed by atoms with Gasteiger partial charge in [-0.3, -0.25) is 14.6 Å². The summed E-state index contributed by atoms with van der Waals surface area (Å²) in [5, 5.41) is 0. The van der Waals surface area contributed by atoms with Crippen LogP contribution in [-0.2, 0) is 20.8 Å². The summed E-state index contributed by atoms with van der Waals surface area (Å²) >= 11 is 0. The van der Waals surface area contributed by atoms with Gasteiger partial charge in [0, 0.05) is 57.3 Å². The van der Waals surface area contributed by atoms with Crippen molar-refractivity contribution in [2.75, 3.05) is 73.4 Å². The van der Waals surface area contributed by atoms with Gasteiger partial charge in [-0.25, -0.2) is 0 Å². The molecule has 48 heavy (non-hydrogen) atoms. The van der Waals surface area contributed by atoms with E-state index in [0.29, 0.717) is 45.9 Å². The van der Waals surface area contributed by atoms with E-state index >= 15 is 0 Å². The van der Waals surface area contributed by atoms with E-state index in [-0.39, 0.29) is 60.4 Å². The van der Waals surface area contributed by atoms with E-state index in [1.807, 2.05) is 41.3 Å². The fourth-order valence-electron chi connectivity index (χ4n) is 6.94. The summed E-state index contributed by atoms with van der Waals surface area (Å²) in [5.74, 6) is -0.327. The Hall–Kier alpha value is -3.98. The summed E-state index contributed by atoms with van der Waals surface area (Å²) in [4.78, 5) is 28.4. The van der Waals surface area contributed by atoms with Crippen LogP contribution in [0, 0.1) is 0 Å². The Morgan fingerprint density at radius 3 is 2.21 bits per heavy atom. The van der Waals surface area contributed by atoms with Crippen molar-refractivity contribution in [3.63, 3.8) is 0 Å². The average Bonchev–Trinajstić information content (AvgIpc) is 3.11. The number of benzene rings is 2. The smallest absolute Gasteiger partial charge is 0.422 e. The number of carbonyl (C=O) groups excluding carboxylic acids is 1. The van der Waals surface area contributed by atoms with Gasteiger partial charge in [-0.15, -0.1) is 0 Å². The number of methoxy groups -OCH3 is 2. The second-order valence-corrected chi connectivity index (χ2v) is 12.1. The summed E-state index contributed by atoms with van der Waals surface area (Å²) in [6, 6.07) is 20.2. The van der Waals surface area contributed by atoms with Gasteiger partial charge < -0.3 is 28.6 Å². The van der Waals surface area contributed by atoms with Crippen LogP contribution in [0.1, 0.15) is 22.6 Å². The Labute approximate surface area is 277 Å². The van der Waals surface area contributed by atoms with Gasteiger partial charge in [0.25, 0.3) is 5.91 Å². The van der Waals surface area contributed by atoms with Gasteiger partial charge in [-0.2, -0.15) is 23.1 Å². The molecule has 3 saturated heterocycles. The first-order valence-corrected chi connectivity index (χ1v) is 16.0. The Kier molecular flexibility index (Phi) is 10.6. The maximum absolute atomic E-state index is 13.5. The lowest BCUT2D eigenvalue weighted by Crippen LogP contribution is -2.68. The molecule has 0 spiro atoms. The lowest BCUT2D eigenvalue weighted by atomic mass is 9.81. The lowest BCUT2D eigenvalue weighted by Gasteiger charge is -2.53. The molecule has 0 radical (unpaired) electrons. The molecule has 14 heteroatoms. The molecule has 1 amide bonds. The van der Waals surface area contributed by atoms with Gasteiger partial charge in [0.1, 0.15) is 0 Å². The maximum Gasteiger partial charge on any atom is 0.422 e. The molecule has 0 saturated carbocycles. The van der Waals surface area contributed by atoms with Crippen molar-refractivity contribution in [2.24, 2.45) is 0 Å². The molecule has 0 bridgehead atoms. The molecule has 2 aromatic carbocycles. The van der Waals surface area contributed by atoms with Gasteiger partial charge >= 0.3 is 12.2 Å². The zero-order valence-corrected chi connectivity index (χ0v) is 27.0. The van der Waals surface area contributed by atoms with Gasteiger partial charge in [-0.1, -0.05) is 60.7 Å². The summed E-state index contributed by atoms with van der Waals surface area (Å²) in [6.45, 7) is 2.39. The van der Waals surface area contributed by atoms with Crippen LogP contribution in [0.15, 0.2) is 60.7 Å². The normalized spacial score (nSPS) is 22.3. The third-order valence-electron chi connectivity index (χ3n) is 9.01. The zero-order valence-electron chi connectivity index (χ0n) is 27.0. The molecule has 3 aliphatic heterocycles. The molecule has 3 fully saturated rings. The molecule has 3 atom stereocenters. The number of piperazine rings is 2. The minimum atomic E-state index is -4.58. The van der Waals surface area contributed by atoms with Crippen molar-refractivity contribution < 1.29 is 41.7 Å². The van der Waals surface area contributed by atoms with Crippen LogP contribution >= 0.6 is 0 Å². The van der Waals surface area contributed by atoms with Crippen LogP contribution in [0.25, 0.3) is 0 Å². The third-order valence-corrected chi connectivity index (χ3v) is 9.01. The molecule has 11 nitrogen and oxygen atoms in total. The Balaban J connectivity index is 1.36. The van der Waals surface area contributed by atoms with Gasteiger partial charge in [-0.05, 0) is 11.1 Å². The van der Waals surface area contributed by atoms with Crippen molar-refractivity contribution in [2.45, 2.75) is 36.8 Å². The topological polar surface area (TPSA) is 98.7 Å². The highest BCUT2D eigenvalue weighted by Crippen LogP contribution is 2.38. The largest absolute Gasteiger partial charge is 0.481 e. The molecule has 0 aliphatic carbocycles. The minimum Gasteiger partial charge on any atom is -0.481 e. The first kappa shape index (κ1) is 33.9. The number of ether oxygens (including phenoxy) is 5. The predicted molar refractivity (Wildman–Crippen MR) is 168 cm³/mol. The molecular formula is C34H40F3N5O6. The molecule has 6 rings (SSSR count). The summed E-state index contributed by atoms with van der Waals surface area (Å²) in [5.41, 5.74) is 2.56. The van der Waals surface area contributed by atoms with E-state index in [4.69, 9.17) is 23.7 Å². The van der Waals surface area contributed by atoms with E-state index in [9.17, 15) is 18.0 Å². The van der Waals surface area contributed by atoms with E-state index in [2.05, 4.69) is 44.0 Å². The number of halogens is 3. The van der Waals surface area contributed by atoms with Crippen LogP contribution in [0.2, 0.25) is 0 Å². The van der Waals surface area contributed by atoms with Crippen LogP contribution in [-0.4, -0.2) is 128 Å². The van der Waals surface area contributed by atoms with Crippen molar-refractivity contribution in [1.29, 1.82) is 0 Å². The van der Waals surface area contributed by atoms with Gasteiger partial charge in [0.15, 0.2) is 12.7 Å². The van der Waals surface area contributed by atoms with Crippen molar-refractivity contribution >= 4 is 5.91 Å². The quantitative estimate of drug-likeness (QED) is 0.319. The van der Waals surface area contributed by atoms with Crippen molar-refractivity contribution in [3.8, 4) is 17.8 Å². The number of hydrogen-bond donors (Lipinski definition) is 0. The molecular weight excluding hydrogens is 631 g/mol. The van der Waals surface area contributed by atoms with Crippen LogP contribution in [0.5, 0.6) is 17.8 Å². The fourth-order valence-corrected chi connectivity index (χ4v) is 6.94. The van der Waals surface area contributed by atoms with Gasteiger partial charge in [0.2, 0.25) is 11.8 Å². The maximum atomic E-state index is 13.5. The highest BCUT2D eigenvalue weighted by atomic mass is 19.4. The second-order valence-electron chi connectivity index (χ2n) is 12.1. The molecule has 3 aromatic rings. The highest BCUT2D eigenvalue weighted by molar-refractivity contribution is 5.81. The number of alkyl halides is 3. The Morgan fingerprint density at radius 2 is 1.60 bits per heavy atom. The Morgan fingerprint density at radius 1 is 0.917 bits per heavy atom. The molecule has 258 valence electrons. The first-order chi connectivity index (χ1) is 23.2. The molecule has 3 unspecified atom stereocenters. The summed E-state index contributed by atoms with van der Waals surface area (Å²) in [7, 11) is 2.71. The number of nitrogens with zero attached hydrogens (tertiary/aromatic N) is 5. The predicted octanol–water partition coefficient (Wildman–Crippen LogP) is 3.38. The molecule has 4 heterocycles. The summed E-state index contributed by atoms with van der Waals surface area (Å²) < 4.78 is 67.0. The summed E-state index contributed by atoms with van der Waals surface area (Å²) in [6.07, 6.45) is -5.22. The number of fused-ring (bicyclic) bond motifs is 1. The number of rotatable bonds is 10. The standard InChI is InChI=1S/C34H40F3N5O6/c1-44-30-26(31(39-33(38-30)45-2)48-22-34(35,36)37)19-40-17-25-18-41(32(43)28-21-46-15-16-47-28)13-14-42(25)27(20-40)29(23-9-5-3-6-10-23)24-11-7-4-8-12-24/h3-12,25,27-29H,13-22H2,1-2H3. The van der Waals surface area contributed by atoms with Crippen LogP contribution in [0.3, 0.4) is 0 Å². The zero-order chi connectivity index (χ0) is 33.7. The molecule has 3 aliphatic rings. The average molecular weight is 672 g/mol. The van der Waals surface area contributed by atoms with E-state index < -0.39 is 18.9 Å². The SMILES string of the molecule is COc1nc(OC)c(CN2CC3CN(C(=O)C4COCCO4)CCN3C(C(c3ccccc3)c3ccccc3)C2)c(OCC(F)(F)F)n1. The van der Waals surface area contributed by atoms with Crippen LogP contribution < -0.4 is 14.2 Å². The lowest BCUT2D eigenvalue weighted by molar-refractivity contribution is -0.162. The number of amides is 1. The number of aromatic nitrogens is 2. The fraction of sp³-hybridized carbons (Fsp3) is 0.500.